The van der Waals surface area contributed by atoms with E-state index in [9.17, 15) is 9.18 Å². The second-order valence-electron chi connectivity index (χ2n) is 6.97. The second kappa shape index (κ2) is 7.12. The zero-order valence-electron chi connectivity index (χ0n) is 15.0. The molecule has 0 amide bonds. The Morgan fingerprint density at radius 1 is 1.48 bits per heavy atom. The first-order chi connectivity index (χ1) is 11.9. The van der Waals surface area contributed by atoms with Crippen molar-refractivity contribution in [3.05, 3.63) is 29.1 Å². The molecule has 1 aromatic rings. The molecule has 0 bridgehead atoms. The molecular weight excluding hydrogens is 323 g/mol. The Balaban J connectivity index is 1.84. The van der Waals surface area contributed by atoms with Crippen molar-refractivity contribution in [2.45, 2.75) is 38.7 Å². The Kier molecular flexibility index (Phi) is 5.08. The lowest BCUT2D eigenvalue weighted by Gasteiger charge is -2.43. The van der Waals surface area contributed by atoms with Crippen LogP contribution in [0.3, 0.4) is 0 Å². The standard InChI is InChI=1S/C19H25FN2O3/c1-4-22(3)12-21-17-8-13(2)15(9-16(17)20)19(10-24-11-19)25-18(23)14-6-5-7-14/h8-9,12,14H,4-7,10-11H2,1-3H3. The Morgan fingerprint density at radius 2 is 2.20 bits per heavy atom. The molecule has 0 unspecified atom stereocenters. The van der Waals surface area contributed by atoms with Gasteiger partial charge in [-0.25, -0.2) is 9.38 Å². The molecule has 3 rings (SSSR count). The summed E-state index contributed by atoms with van der Waals surface area (Å²) >= 11 is 0. The summed E-state index contributed by atoms with van der Waals surface area (Å²) in [5.74, 6) is -0.635. The lowest BCUT2D eigenvalue weighted by atomic mass is 9.84. The van der Waals surface area contributed by atoms with Gasteiger partial charge in [0.1, 0.15) is 11.5 Å². The van der Waals surface area contributed by atoms with Crippen molar-refractivity contribution in [1.82, 2.24) is 4.90 Å². The molecule has 136 valence electrons. The quantitative estimate of drug-likeness (QED) is 0.450. The van der Waals surface area contributed by atoms with Crippen LogP contribution >= 0.6 is 0 Å². The number of carbonyl (C=O) groups is 1. The first kappa shape index (κ1) is 17.9. The third-order valence-corrected chi connectivity index (χ3v) is 5.08. The van der Waals surface area contributed by atoms with Crippen LogP contribution in [0.5, 0.6) is 0 Å². The number of hydrogen-bond acceptors (Lipinski definition) is 4. The second-order valence-corrected chi connectivity index (χ2v) is 6.97. The molecule has 1 aromatic carbocycles. The number of rotatable bonds is 6. The van der Waals surface area contributed by atoms with E-state index in [0.717, 1.165) is 31.4 Å². The molecule has 2 fully saturated rings. The summed E-state index contributed by atoms with van der Waals surface area (Å²) in [6.45, 7) is 5.21. The third kappa shape index (κ3) is 3.54. The van der Waals surface area contributed by atoms with E-state index in [1.807, 2.05) is 25.8 Å². The summed E-state index contributed by atoms with van der Waals surface area (Å²) in [5.41, 5.74) is 0.937. The third-order valence-electron chi connectivity index (χ3n) is 5.08. The summed E-state index contributed by atoms with van der Waals surface area (Å²) < 4.78 is 25.6. The van der Waals surface area contributed by atoms with Gasteiger partial charge in [-0.2, -0.15) is 0 Å². The number of ether oxygens (including phenoxy) is 2. The SMILES string of the molecule is CCN(C)C=Nc1cc(C)c(C2(OC(=O)C3CCC3)COC2)cc1F. The Labute approximate surface area is 147 Å². The first-order valence-electron chi connectivity index (χ1n) is 8.81. The van der Waals surface area contributed by atoms with E-state index in [1.165, 1.54) is 6.07 Å². The predicted molar refractivity (Wildman–Crippen MR) is 93.5 cm³/mol. The van der Waals surface area contributed by atoms with Gasteiger partial charge < -0.3 is 14.4 Å². The molecule has 6 heteroatoms. The van der Waals surface area contributed by atoms with E-state index in [2.05, 4.69) is 4.99 Å². The van der Waals surface area contributed by atoms with Crippen LogP contribution in [0.4, 0.5) is 10.1 Å². The van der Waals surface area contributed by atoms with Crippen molar-refractivity contribution in [3.63, 3.8) is 0 Å². The maximum atomic E-state index is 14.5. The normalized spacial score (nSPS) is 19.4. The fraction of sp³-hybridized carbons (Fsp3) is 0.579. The Morgan fingerprint density at radius 3 is 2.72 bits per heavy atom. The number of halogens is 1. The topological polar surface area (TPSA) is 51.1 Å². The number of esters is 1. The van der Waals surface area contributed by atoms with Crippen LogP contribution in [-0.4, -0.2) is 44.0 Å². The van der Waals surface area contributed by atoms with E-state index in [4.69, 9.17) is 9.47 Å². The zero-order chi connectivity index (χ0) is 18.0. The number of hydrogen-bond donors (Lipinski definition) is 0. The molecule has 0 aromatic heterocycles. The van der Waals surface area contributed by atoms with E-state index >= 15 is 0 Å². The van der Waals surface area contributed by atoms with Gasteiger partial charge in [-0.05, 0) is 44.4 Å². The Hall–Kier alpha value is -1.95. The number of carbonyl (C=O) groups excluding carboxylic acids is 1. The molecule has 25 heavy (non-hydrogen) atoms. The molecule has 1 aliphatic heterocycles. The lowest BCUT2D eigenvalue weighted by molar-refractivity contribution is -0.223. The highest BCUT2D eigenvalue weighted by Crippen LogP contribution is 2.40. The van der Waals surface area contributed by atoms with Crippen molar-refractivity contribution in [2.75, 3.05) is 26.8 Å². The minimum atomic E-state index is -0.861. The predicted octanol–water partition coefficient (Wildman–Crippen LogP) is 3.31. The number of aryl methyl sites for hydroxylation is 1. The molecule has 1 saturated heterocycles. The average Bonchev–Trinajstić information content (AvgIpc) is 2.49. The molecule has 2 aliphatic rings. The van der Waals surface area contributed by atoms with Gasteiger partial charge in [-0.3, -0.25) is 4.79 Å². The molecule has 0 atom stereocenters. The van der Waals surface area contributed by atoms with Crippen LogP contribution in [0.15, 0.2) is 17.1 Å². The molecule has 1 heterocycles. The van der Waals surface area contributed by atoms with Crippen molar-refractivity contribution in [3.8, 4) is 0 Å². The molecule has 1 aliphatic carbocycles. The molecular formula is C19H25FN2O3. The van der Waals surface area contributed by atoms with Crippen LogP contribution < -0.4 is 0 Å². The smallest absolute Gasteiger partial charge is 0.309 e. The van der Waals surface area contributed by atoms with Crippen molar-refractivity contribution < 1.29 is 18.7 Å². The van der Waals surface area contributed by atoms with Crippen LogP contribution in [0.1, 0.15) is 37.3 Å². The van der Waals surface area contributed by atoms with Crippen LogP contribution in [-0.2, 0) is 19.9 Å². The average molecular weight is 348 g/mol. The van der Waals surface area contributed by atoms with Crippen LogP contribution in [0.2, 0.25) is 0 Å². The first-order valence-corrected chi connectivity index (χ1v) is 8.81. The van der Waals surface area contributed by atoms with Gasteiger partial charge in [0.2, 0.25) is 0 Å². The van der Waals surface area contributed by atoms with Gasteiger partial charge in [0.05, 0.1) is 25.5 Å². The minimum absolute atomic E-state index is 0.0175. The van der Waals surface area contributed by atoms with E-state index in [-0.39, 0.29) is 30.8 Å². The fourth-order valence-electron chi connectivity index (χ4n) is 2.98. The lowest BCUT2D eigenvalue weighted by Crippen LogP contribution is -2.51. The highest BCUT2D eigenvalue weighted by molar-refractivity contribution is 5.74. The van der Waals surface area contributed by atoms with E-state index < -0.39 is 11.4 Å². The number of aliphatic imine (C=N–C) groups is 1. The van der Waals surface area contributed by atoms with Gasteiger partial charge in [0, 0.05) is 19.2 Å². The minimum Gasteiger partial charge on any atom is -0.449 e. The van der Waals surface area contributed by atoms with Gasteiger partial charge in [0.25, 0.3) is 0 Å². The summed E-state index contributed by atoms with van der Waals surface area (Å²) in [6, 6.07) is 3.13. The summed E-state index contributed by atoms with van der Waals surface area (Å²) in [6.07, 6.45) is 4.43. The van der Waals surface area contributed by atoms with Crippen molar-refractivity contribution in [1.29, 1.82) is 0 Å². The number of benzene rings is 1. The summed E-state index contributed by atoms with van der Waals surface area (Å²) in [7, 11) is 1.88. The van der Waals surface area contributed by atoms with Crippen molar-refractivity contribution >= 4 is 18.0 Å². The molecule has 1 saturated carbocycles. The van der Waals surface area contributed by atoms with Crippen LogP contribution in [0.25, 0.3) is 0 Å². The van der Waals surface area contributed by atoms with Crippen molar-refractivity contribution in [2.24, 2.45) is 10.9 Å². The van der Waals surface area contributed by atoms with Gasteiger partial charge in [-0.1, -0.05) is 6.42 Å². The fourth-order valence-corrected chi connectivity index (χ4v) is 2.98. The summed E-state index contributed by atoms with van der Waals surface area (Å²) in [5, 5.41) is 0. The summed E-state index contributed by atoms with van der Waals surface area (Å²) in [4.78, 5) is 18.3. The highest BCUT2D eigenvalue weighted by atomic mass is 19.1. The van der Waals surface area contributed by atoms with Gasteiger partial charge in [0.15, 0.2) is 5.60 Å². The maximum Gasteiger partial charge on any atom is 0.309 e. The maximum absolute atomic E-state index is 14.5. The largest absolute Gasteiger partial charge is 0.449 e. The van der Waals surface area contributed by atoms with Gasteiger partial charge >= 0.3 is 5.97 Å². The molecule has 5 nitrogen and oxygen atoms in total. The Bertz CT molecular complexity index is 681. The molecule has 0 radical (unpaired) electrons. The van der Waals surface area contributed by atoms with Gasteiger partial charge in [-0.15, -0.1) is 0 Å². The zero-order valence-corrected chi connectivity index (χ0v) is 15.0. The highest BCUT2D eigenvalue weighted by Gasteiger charge is 2.47. The van der Waals surface area contributed by atoms with Crippen LogP contribution in [0, 0.1) is 18.7 Å². The monoisotopic (exact) mass is 348 g/mol. The van der Waals surface area contributed by atoms with E-state index in [1.54, 1.807) is 12.4 Å². The number of nitrogens with zero attached hydrogens (tertiary/aromatic N) is 2. The van der Waals surface area contributed by atoms with E-state index in [0.29, 0.717) is 5.56 Å². The molecule has 0 spiro atoms. The molecule has 0 N–H and O–H groups in total.